The number of imidazole rings is 1. The quantitative estimate of drug-likeness (QED) is 0.861. The van der Waals surface area contributed by atoms with Crippen molar-refractivity contribution in [3.8, 4) is 11.4 Å². The first kappa shape index (κ1) is 10.9. The van der Waals surface area contributed by atoms with Crippen LogP contribution in [0.25, 0.3) is 11.4 Å². The van der Waals surface area contributed by atoms with E-state index in [2.05, 4.69) is 25.9 Å². The number of halogens is 1. The van der Waals surface area contributed by atoms with E-state index >= 15 is 0 Å². The maximum Gasteiger partial charge on any atom is 0.338 e. The molecule has 0 bridgehead atoms. The van der Waals surface area contributed by atoms with Crippen LogP contribution in [-0.4, -0.2) is 23.0 Å². The Bertz CT molecular complexity index is 509. The zero-order valence-corrected chi connectivity index (χ0v) is 10.1. The molecule has 0 aliphatic rings. The van der Waals surface area contributed by atoms with Gasteiger partial charge in [0.2, 0.25) is 0 Å². The van der Waals surface area contributed by atoms with Crippen LogP contribution in [0, 0.1) is 0 Å². The van der Waals surface area contributed by atoms with Gasteiger partial charge in [-0.15, -0.1) is 0 Å². The van der Waals surface area contributed by atoms with Crippen molar-refractivity contribution in [1.29, 1.82) is 0 Å². The monoisotopic (exact) mass is 280 g/mol. The Labute approximate surface area is 101 Å². The molecule has 2 aromatic rings. The van der Waals surface area contributed by atoms with Crippen LogP contribution in [0.4, 0.5) is 0 Å². The molecule has 0 amide bonds. The molecular weight excluding hydrogens is 272 g/mol. The Hall–Kier alpha value is -1.62. The number of ether oxygens (including phenoxy) is 1. The molecule has 0 aliphatic heterocycles. The lowest BCUT2D eigenvalue weighted by Crippen LogP contribution is -2.04. The van der Waals surface area contributed by atoms with Crippen LogP contribution in [0.5, 0.6) is 0 Å². The normalized spacial score (nSPS) is 10.1. The maximum absolute atomic E-state index is 11.6. The van der Waals surface area contributed by atoms with Crippen LogP contribution < -0.4 is 0 Å². The lowest BCUT2D eigenvalue weighted by atomic mass is 10.1. The fourth-order valence-electron chi connectivity index (χ4n) is 1.41. The van der Waals surface area contributed by atoms with Gasteiger partial charge in [0.15, 0.2) is 0 Å². The molecule has 1 N–H and O–H groups in total. The molecule has 1 aromatic carbocycles. The summed E-state index contributed by atoms with van der Waals surface area (Å²) in [4.78, 5) is 18.6. The number of carbonyl (C=O) groups excluding carboxylic acids is 1. The predicted octanol–water partition coefficient (Wildman–Crippen LogP) is 2.63. The highest BCUT2D eigenvalue weighted by Crippen LogP contribution is 2.25. The molecular formula is C11H9BrN2O2. The highest BCUT2D eigenvalue weighted by molar-refractivity contribution is 9.10. The molecule has 0 spiro atoms. The Morgan fingerprint density at radius 3 is 2.94 bits per heavy atom. The smallest absolute Gasteiger partial charge is 0.338 e. The van der Waals surface area contributed by atoms with Gasteiger partial charge in [-0.25, -0.2) is 9.78 Å². The Morgan fingerprint density at radius 1 is 1.50 bits per heavy atom. The van der Waals surface area contributed by atoms with Gasteiger partial charge >= 0.3 is 5.97 Å². The van der Waals surface area contributed by atoms with Gasteiger partial charge in [-0.3, -0.25) is 0 Å². The molecule has 1 aromatic heterocycles. The number of carbonyl (C=O) groups is 1. The molecule has 0 unspecified atom stereocenters. The summed E-state index contributed by atoms with van der Waals surface area (Å²) in [5.41, 5.74) is 1.20. The third kappa shape index (κ3) is 1.99. The van der Waals surface area contributed by atoms with Gasteiger partial charge in [0, 0.05) is 22.4 Å². The number of nitrogens with one attached hydrogen (secondary N) is 1. The lowest BCUT2D eigenvalue weighted by Gasteiger charge is -2.05. The van der Waals surface area contributed by atoms with Gasteiger partial charge in [0.05, 0.1) is 12.7 Å². The third-order valence-electron chi connectivity index (χ3n) is 2.14. The number of rotatable bonds is 2. The van der Waals surface area contributed by atoms with Crippen LogP contribution in [0.15, 0.2) is 35.1 Å². The van der Waals surface area contributed by atoms with E-state index in [1.165, 1.54) is 7.11 Å². The summed E-state index contributed by atoms with van der Waals surface area (Å²) in [5.74, 6) is 0.264. The van der Waals surface area contributed by atoms with E-state index < -0.39 is 0 Å². The van der Waals surface area contributed by atoms with Crippen LogP contribution in [-0.2, 0) is 4.74 Å². The first-order chi connectivity index (χ1) is 7.72. The van der Waals surface area contributed by atoms with Crippen molar-refractivity contribution in [3.63, 3.8) is 0 Å². The molecule has 0 atom stereocenters. The van der Waals surface area contributed by atoms with Gasteiger partial charge < -0.3 is 9.72 Å². The van der Waals surface area contributed by atoms with Crippen molar-refractivity contribution in [3.05, 3.63) is 40.6 Å². The number of nitrogens with zero attached hydrogens (tertiary/aromatic N) is 1. The molecule has 2 rings (SSSR count). The van der Waals surface area contributed by atoms with E-state index in [1.807, 2.05) is 6.07 Å². The van der Waals surface area contributed by atoms with Crippen molar-refractivity contribution in [2.45, 2.75) is 0 Å². The van der Waals surface area contributed by atoms with Crippen LogP contribution >= 0.6 is 15.9 Å². The third-order valence-corrected chi connectivity index (χ3v) is 2.63. The Balaban J connectivity index is 2.57. The predicted molar refractivity (Wildman–Crippen MR) is 63.1 cm³/mol. The number of methoxy groups -OCH3 is 1. The molecule has 82 valence electrons. The van der Waals surface area contributed by atoms with E-state index in [0.717, 1.165) is 4.47 Å². The highest BCUT2D eigenvalue weighted by Gasteiger charge is 2.14. The van der Waals surface area contributed by atoms with Gasteiger partial charge in [0.1, 0.15) is 5.82 Å². The van der Waals surface area contributed by atoms with Crippen molar-refractivity contribution < 1.29 is 9.53 Å². The average Bonchev–Trinajstić information content (AvgIpc) is 2.81. The minimum atomic E-state index is -0.376. The summed E-state index contributed by atoms with van der Waals surface area (Å²) < 4.78 is 5.60. The highest BCUT2D eigenvalue weighted by atomic mass is 79.9. The molecule has 16 heavy (non-hydrogen) atoms. The zero-order valence-electron chi connectivity index (χ0n) is 8.53. The molecule has 4 nitrogen and oxygen atoms in total. The van der Waals surface area contributed by atoms with Crippen molar-refractivity contribution >= 4 is 21.9 Å². The minimum Gasteiger partial charge on any atom is -0.465 e. The lowest BCUT2D eigenvalue weighted by molar-refractivity contribution is 0.0601. The number of hydrogen-bond acceptors (Lipinski definition) is 3. The first-order valence-corrected chi connectivity index (χ1v) is 5.39. The molecule has 5 heteroatoms. The number of aromatic amines is 1. The van der Waals surface area contributed by atoms with E-state index in [4.69, 9.17) is 4.74 Å². The molecule has 0 radical (unpaired) electrons. The second-order valence-corrected chi connectivity index (χ2v) is 4.03. The molecule has 0 saturated carbocycles. The first-order valence-electron chi connectivity index (χ1n) is 4.60. The number of aromatic nitrogens is 2. The molecule has 0 aliphatic carbocycles. The maximum atomic E-state index is 11.6. The van der Waals surface area contributed by atoms with Crippen molar-refractivity contribution in [1.82, 2.24) is 9.97 Å². The summed E-state index contributed by atoms with van der Waals surface area (Å²) in [7, 11) is 1.36. The standard InChI is InChI=1S/C11H9BrN2O2/c1-16-11(15)8-3-2-7(12)6-9(8)10-13-4-5-14-10/h2-6H,1H3,(H,13,14). The fraction of sp³-hybridized carbons (Fsp3) is 0.0909. The van der Waals surface area contributed by atoms with E-state index in [1.54, 1.807) is 24.5 Å². The van der Waals surface area contributed by atoms with Crippen LogP contribution in [0.3, 0.4) is 0 Å². The zero-order chi connectivity index (χ0) is 11.5. The largest absolute Gasteiger partial charge is 0.465 e. The second kappa shape index (κ2) is 4.49. The van der Waals surface area contributed by atoms with E-state index in [-0.39, 0.29) is 5.97 Å². The minimum absolute atomic E-state index is 0.376. The van der Waals surface area contributed by atoms with Crippen molar-refractivity contribution in [2.24, 2.45) is 0 Å². The summed E-state index contributed by atoms with van der Waals surface area (Å²) in [6.07, 6.45) is 3.34. The summed E-state index contributed by atoms with van der Waals surface area (Å²) in [5, 5.41) is 0. The van der Waals surface area contributed by atoms with Gasteiger partial charge in [-0.05, 0) is 18.2 Å². The molecule has 1 heterocycles. The van der Waals surface area contributed by atoms with Crippen LogP contribution in [0.1, 0.15) is 10.4 Å². The summed E-state index contributed by atoms with van der Waals surface area (Å²) >= 11 is 3.36. The van der Waals surface area contributed by atoms with Crippen molar-refractivity contribution in [2.75, 3.05) is 7.11 Å². The molecule has 0 saturated heterocycles. The number of esters is 1. The number of H-pyrrole nitrogens is 1. The van der Waals surface area contributed by atoms with E-state index in [9.17, 15) is 4.79 Å². The van der Waals surface area contributed by atoms with E-state index in [0.29, 0.717) is 17.0 Å². The SMILES string of the molecule is COC(=O)c1ccc(Br)cc1-c1ncc[nH]1. The summed E-state index contributed by atoms with van der Waals surface area (Å²) in [6, 6.07) is 5.32. The van der Waals surface area contributed by atoms with Gasteiger partial charge in [-0.2, -0.15) is 0 Å². The second-order valence-electron chi connectivity index (χ2n) is 3.12. The number of benzene rings is 1. The van der Waals surface area contributed by atoms with Gasteiger partial charge in [-0.1, -0.05) is 15.9 Å². The number of hydrogen-bond donors (Lipinski definition) is 1. The Morgan fingerprint density at radius 2 is 2.31 bits per heavy atom. The van der Waals surface area contributed by atoms with Crippen LogP contribution in [0.2, 0.25) is 0 Å². The van der Waals surface area contributed by atoms with Gasteiger partial charge in [0.25, 0.3) is 0 Å². The Kier molecular flexibility index (Phi) is 3.05. The summed E-state index contributed by atoms with van der Waals surface area (Å²) in [6.45, 7) is 0. The topological polar surface area (TPSA) is 55.0 Å². The fourth-order valence-corrected chi connectivity index (χ4v) is 1.77. The average molecular weight is 281 g/mol. The molecule has 0 fully saturated rings.